The highest BCUT2D eigenvalue weighted by molar-refractivity contribution is 9.10. The number of anilines is 1. The molecule has 1 N–H and O–H groups in total. The van der Waals surface area contributed by atoms with Crippen LogP contribution in [0, 0.1) is 0 Å². The van der Waals surface area contributed by atoms with Crippen LogP contribution in [-0.2, 0) is 26.3 Å². The summed E-state index contributed by atoms with van der Waals surface area (Å²) in [6.45, 7) is 3.92. The summed E-state index contributed by atoms with van der Waals surface area (Å²) in [5.74, 6) is -0.758. The van der Waals surface area contributed by atoms with Crippen LogP contribution in [0.25, 0.3) is 0 Å². The minimum absolute atomic E-state index is 0.158. The van der Waals surface area contributed by atoms with Crippen molar-refractivity contribution < 1.29 is 18.0 Å². The lowest BCUT2D eigenvalue weighted by Gasteiger charge is -2.32. The van der Waals surface area contributed by atoms with Crippen molar-refractivity contribution >= 4 is 43.6 Å². The van der Waals surface area contributed by atoms with Crippen LogP contribution in [-0.4, -0.2) is 62.7 Å². The summed E-state index contributed by atoms with van der Waals surface area (Å²) in [6.07, 6.45) is 1.77. The van der Waals surface area contributed by atoms with E-state index >= 15 is 0 Å². The molecule has 0 aromatic heterocycles. The van der Waals surface area contributed by atoms with Gasteiger partial charge in [-0.2, -0.15) is 12.7 Å². The fraction of sp³-hybridized carbons (Fsp3) is 0.417. The predicted octanol–water partition coefficient (Wildman–Crippen LogP) is 3.40. The number of nitrogens with zero attached hydrogens (tertiary/aromatic N) is 3. The van der Waals surface area contributed by atoms with Gasteiger partial charge in [0.1, 0.15) is 12.6 Å². The van der Waals surface area contributed by atoms with Gasteiger partial charge in [-0.3, -0.25) is 9.59 Å². The second-order valence-corrected chi connectivity index (χ2v) is 11.1. The van der Waals surface area contributed by atoms with Crippen LogP contribution in [0.5, 0.6) is 0 Å². The lowest BCUT2D eigenvalue weighted by atomic mass is 10.1. The van der Waals surface area contributed by atoms with Crippen molar-refractivity contribution in [2.24, 2.45) is 0 Å². The Morgan fingerprint density at radius 3 is 2.32 bits per heavy atom. The van der Waals surface area contributed by atoms with E-state index in [0.717, 1.165) is 31.5 Å². The Morgan fingerprint density at radius 2 is 1.74 bits per heavy atom. The van der Waals surface area contributed by atoms with Gasteiger partial charge in [0.2, 0.25) is 11.8 Å². The molecule has 0 aliphatic rings. The zero-order valence-corrected chi connectivity index (χ0v) is 22.5. The van der Waals surface area contributed by atoms with Crippen molar-refractivity contribution in [1.29, 1.82) is 0 Å². The zero-order chi connectivity index (χ0) is 25.3. The first kappa shape index (κ1) is 27.8. The summed E-state index contributed by atoms with van der Waals surface area (Å²) in [6, 6.07) is 15.1. The number of para-hydroxylation sites is 1. The molecule has 0 bridgehead atoms. The van der Waals surface area contributed by atoms with Crippen LogP contribution in [0.15, 0.2) is 59.1 Å². The zero-order valence-electron chi connectivity index (χ0n) is 20.1. The van der Waals surface area contributed by atoms with Crippen LogP contribution < -0.4 is 9.62 Å². The summed E-state index contributed by atoms with van der Waals surface area (Å²) in [5.41, 5.74) is 1.18. The molecule has 1 unspecified atom stereocenters. The smallest absolute Gasteiger partial charge is 0.304 e. The molecule has 0 saturated heterocycles. The molecule has 34 heavy (non-hydrogen) atoms. The summed E-state index contributed by atoms with van der Waals surface area (Å²) in [7, 11) is -1.12. The third kappa shape index (κ3) is 7.54. The molecule has 8 nitrogen and oxygen atoms in total. The first-order valence-corrected chi connectivity index (χ1v) is 13.3. The van der Waals surface area contributed by atoms with E-state index in [2.05, 4.69) is 21.2 Å². The monoisotopic (exact) mass is 552 g/mol. The molecule has 2 rings (SSSR count). The molecule has 186 valence electrons. The van der Waals surface area contributed by atoms with Gasteiger partial charge < -0.3 is 10.2 Å². The standard InChI is InChI=1S/C24H33BrN4O4S/c1-5-6-15-26-24(31)19(2)28(17-20-11-10-12-21(25)16-20)23(30)18-29(34(32,33)27(3)4)22-13-8-7-9-14-22/h7-14,16,19H,5-6,15,17-18H2,1-4H3,(H,26,31). The first-order chi connectivity index (χ1) is 16.1. The number of nitrogens with one attached hydrogen (secondary N) is 1. The Morgan fingerprint density at radius 1 is 1.06 bits per heavy atom. The van der Waals surface area contributed by atoms with Gasteiger partial charge in [-0.15, -0.1) is 0 Å². The Hall–Kier alpha value is -2.43. The van der Waals surface area contributed by atoms with E-state index in [1.807, 2.05) is 31.2 Å². The van der Waals surface area contributed by atoms with Crippen molar-refractivity contribution in [3.63, 3.8) is 0 Å². The van der Waals surface area contributed by atoms with Crippen LogP contribution >= 0.6 is 15.9 Å². The molecular weight excluding hydrogens is 520 g/mol. The Bertz CT molecular complexity index is 1060. The van der Waals surface area contributed by atoms with Gasteiger partial charge in [0, 0.05) is 31.7 Å². The molecule has 0 aliphatic carbocycles. The molecule has 2 amide bonds. The topological polar surface area (TPSA) is 90.0 Å². The minimum atomic E-state index is -3.95. The molecule has 0 heterocycles. The quantitative estimate of drug-likeness (QED) is 0.408. The molecule has 0 fully saturated rings. The van der Waals surface area contributed by atoms with Crippen LogP contribution in [0.4, 0.5) is 5.69 Å². The van der Waals surface area contributed by atoms with Crippen molar-refractivity contribution in [1.82, 2.24) is 14.5 Å². The number of carbonyl (C=O) groups is 2. The number of rotatable bonds is 12. The van der Waals surface area contributed by atoms with Gasteiger partial charge in [0.05, 0.1) is 5.69 Å². The summed E-state index contributed by atoms with van der Waals surface area (Å²) in [4.78, 5) is 27.8. The highest BCUT2D eigenvalue weighted by Gasteiger charge is 2.32. The van der Waals surface area contributed by atoms with Crippen LogP contribution in [0.2, 0.25) is 0 Å². The molecule has 2 aromatic carbocycles. The highest BCUT2D eigenvalue weighted by Crippen LogP contribution is 2.21. The Kier molecular flexibility index (Phi) is 10.5. The van der Waals surface area contributed by atoms with E-state index < -0.39 is 28.7 Å². The van der Waals surface area contributed by atoms with E-state index in [9.17, 15) is 18.0 Å². The second kappa shape index (κ2) is 12.9. The SMILES string of the molecule is CCCCNC(=O)C(C)N(Cc1cccc(Br)c1)C(=O)CN(c1ccccc1)S(=O)(=O)N(C)C. The number of halogens is 1. The average Bonchev–Trinajstić information content (AvgIpc) is 2.80. The van der Waals surface area contributed by atoms with E-state index in [4.69, 9.17) is 0 Å². The number of hydrogen-bond donors (Lipinski definition) is 1. The number of benzene rings is 2. The molecule has 1 atom stereocenters. The van der Waals surface area contributed by atoms with Gasteiger partial charge in [0.15, 0.2) is 0 Å². The van der Waals surface area contributed by atoms with E-state index in [1.54, 1.807) is 37.3 Å². The van der Waals surface area contributed by atoms with Gasteiger partial charge in [-0.25, -0.2) is 4.31 Å². The third-order valence-corrected chi connectivity index (χ3v) is 7.61. The van der Waals surface area contributed by atoms with Gasteiger partial charge >= 0.3 is 10.2 Å². The maximum Gasteiger partial charge on any atom is 0.304 e. The summed E-state index contributed by atoms with van der Waals surface area (Å²) in [5, 5.41) is 2.87. The lowest BCUT2D eigenvalue weighted by molar-refractivity contribution is -0.139. The first-order valence-electron chi connectivity index (χ1n) is 11.1. The number of amides is 2. The van der Waals surface area contributed by atoms with Crippen molar-refractivity contribution in [2.75, 3.05) is 31.5 Å². The Balaban J connectivity index is 2.38. The fourth-order valence-corrected chi connectivity index (χ4v) is 4.76. The van der Waals surface area contributed by atoms with Crippen molar-refractivity contribution in [3.05, 3.63) is 64.6 Å². The van der Waals surface area contributed by atoms with Crippen LogP contribution in [0.1, 0.15) is 32.3 Å². The molecular formula is C24H33BrN4O4S. The highest BCUT2D eigenvalue weighted by atomic mass is 79.9. The van der Waals surface area contributed by atoms with Gasteiger partial charge in [-0.05, 0) is 43.2 Å². The molecule has 0 spiro atoms. The van der Waals surface area contributed by atoms with Crippen molar-refractivity contribution in [3.8, 4) is 0 Å². The number of carbonyl (C=O) groups excluding carboxylic acids is 2. The lowest BCUT2D eigenvalue weighted by Crippen LogP contribution is -2.52. The molecule has 10 heteroatoms. The third-order valence-electron chi connectivity index (χ3n) is 5.30. The molecule has 0 saturated carbocycles. The molecule has 0 radical (unpaired) electrons. The van der Waals surface area contributed by atoms with Gasteiger partial charge in [0.25, 0.3) is 0 Å². The van der Waals surface area contributed by atoms with E-state index in [-0.39, 0.29) is 12.5 Å². The fourth-order valence-electron chi connectivity index (χ4n) is 3.26. The van der Waals surface area contributed by atoms with E-state index in [1.165, 1.54) is 19.0 Å². The largest absolute Gasteiger partial charge is 0.354 e. The van der Waals surface area contributed by atoms with Crippen LogP contribution in [0.3, 0.4) is 0 Å². The molecule has 2 aromatic rings. The summed E-state index contributed by atoms with van der Waals surface area (Å²) < 4.78 is 29.1. The average molecular weight is 554 g/mol. The predicted molar refractivity (Wildman–Crippen MR) is 138 cm³/mol. The Labute approximate surface area is 211 Å². The maximum absolute atomic E-state index is 13.6. The minimum Gasteiger partial charge on any atom is -0.354 e. The normalized spacial score (nSPS) is 12.3. The number of hydrogen-bond acceptors (Lipinski definition) is 4. The second-order valence-electron chi connectivity index (χ2n) is 8.10. The summed E-state index contributed by atoms with van der Waals surface area (Å²) >= 11 is 3.43. The van der Waals surface area contributed by atoms with Gasteiger partial charge in [-0.1, -0.05) is 59.6 Å². The van der Waals surface area contributed by atoms with Crippen molar-refractivity contribution in [2.45, 2.75) is 39.3 Å². The van der Waals surface area contributed by atoms with E-state index in [0.29, 0.717) is 12.2 Å². The maximum atomic E-state index is 13.6. The number of unbranched alkanes of at least 4 members (excludes halogenated alkanes) is 1. The molecule has 0 aliphatic heterocycles.